The monoisotopic (exact) mass is 277 g/mol. The highest BCUT2D eigenvalue weighted by molar-refractivity contribution is 7.09. The molecule has 1 aromatic carbocycles. The van der Waals surface area contributed by atoms with E-state index in [1.165, 1.54) is 0 Å². The third-order valence-electron chi connectivity index (χ3n) is 2.50. The van der Waals surface area contributed by atoms with Gasteiger partial charge in [0, 0.05) is 37.0 Å². The van der Waals surface area contributed by atoms with Crippen LogP contribution in [0.15, 0.2) is 18.2 Å². The van der Waals surface area contributed by atoms with Crippen molar-refractivity contribution in [3.63, 3.8) is 0 Å². The van der Waals surface area contributed by atoms with Gasteiger partial charge in [0.2, 0.25) is 5.13 Å². The number of nitrogen functional groups attached to an aromatic ring is 1. The molecule has 100 valence electrons. The molecule has 1 heterocycles. The van der Waals surface area contributed by atoms with Gasteiger partial charge in [0.15, 0.2) is 0 Å². The van der Waals surface area contributed by atoms with Gasteiger partial charge in [0.1, 0.15) is 5.82 Å². The molecule has 0 bridgehead atoms. The van der Waals surface area contributed by atoms with Crippen molar-refractivity contribution in [2.24, 2.45) is 0 Å². The summed E-state index contributed by atoms with van der Waals surface area (Å²) in [6.45, 7) is 1.78. The fraction of sp³-hybridized carbons (Fsp3) is 0.250. The number of nitrogens with zero attached hydrogens (tertiary/aromatic N) is 3. The molecule has 1 aromatic heterocycles. The summed E-state index contributed by atoms with van der Waals surface area (Å²) in [6.07, 6.45) is 0. The minimum Gasteiger partial charge on any atom is -0.399 e. The van der Waals surface area contributed by atoms with Gasteiger partial charge >= 0.3 is 0 Å². The maximum atomic E-state index is 12.2. The topological polar surface area (TPSA) is 84.1 Å². The molecule has 0 unspecified atom stereocenters. The summed E-state index contributed by atoms with van der Waals surface area (Å²) < 4.78 is 4.02. The third kappa shape index (κ3) is 3.00. The van der Waals surface area contributed by atoms with Gasteiger partial charge in [-0.2, -0.15) is 4.37 Å². The van der Waals surface area contributed by atoms with E-state index in [1.54, 1.807) is 19.1 Å². The molecule has 0 fully saturated rings. The number of aromatic nitrogens is 2. The Morgan fingerprint density at radius 2 is 2.16 bits per heavy atom. The lowest BCUT2D eigenvalue weighted by Gasteiger charge is -2.17. The number of hydrogen-bond acceptors (Lipinski definition) is 6. The minimum atomic E-state index is -0.243. The highest BCUT2D eigenvalue weighted by Crippen LogP contribution is 2.23. The summed E-state index contributed by atoms with van der Waals surface area (Å²) in [5, 5.41) is 3.21. The number of benzene rings is 1. The van der Waals surface area contributed by atoms with E-state index in [0.29, 0.717) is 22.2 Å². The Morgan fingerprint density at radius 1 is 1.42 bits per heavy atom. The van der Waals surface area contributed by atoms with Crippen LogP contribution < -0.4 is 16.0 Å². The van der Waals surface area contributed by atoms with Gasteiger partial charge in [0.25, 0.3) is 5.91 Å². The van der Waals surface area contributed by atoms with Crippen molar-refractivity contribution < 1.29 is 4.79 Å². The Hall–Kier alpha value is -2.15. The molecule has 7 heteroatoms. The zero-order chi connectivity index (χ0) is 14.0. The zero-order valence-electron chi connectivity index (χ0n) is 11.0. The van der Waals surface area contributed by atoms with E-state index in [4.69, 9.17) is 5.73 Å². The van der Waals surface area contributed by atoms with Crippen LogP contribution in [0.2, 0.25) is 0 Å². The fourth-order valence-electron chi connectivity index (χ4n) is 1.64. The highest BCUT2D eigenvalue weighted by atomic mass is 32.1. The smallest absolute Gasteiger partial charge is 0.259 e. The predicted octanol–water partition coefficient (Wildman–Crippen LogP) is 1.75. The van der Waals surface area contributed by atoms with Crippen LogP contribution in [0, 0.1) is 6.92 Å². The van der Waals surface area contributed by atoms with Crippen LogP contribution in [0.1, 0.15) is 16.2 Å². The maximum Gasteiger partial charge on any atom is 0.259 e. The van der Waals surface area contributed by atoms with Gasteiger partial charge in [-0.25, -0.2) is 4.98 Å². The van der Waals surface area contributed by atoms with Crippen molar-refractivity contribution in [2.45, 2.75) is 6.92 Å². The van der Waals surface area contributed by atoms with Crippen molar-refractivity contribution in [3.05, 3.63) is 29.6 Å². The molecule has 0 aliphatic heterocycles. The largest absolute Gasteiger partial charge is 0.399 e. The number of nitrogens with one attached hydrogen (secondary N) is 1. The van der Waals surface area contributed by atoms with E-state index < -0.39 is 0 Å². The van der Waals surface area contributed by atoms with Crippen LogP contribution in [0.4, 0.5) is 16.5 Å². The number of hydrogen-bond donors (Lipinski definition) is 2. The normalized spacial score (nSPS) is 10.3. The summed E-state index contributed by atoms with van der Waals surface area (Å²) in [6, 6.07) is 5.23. The molecule has 0 atom stereocenters. The molecule has 2 rings (SSSR count). The molecule has 0 aliphatic carbocycles. The van der Waals surface area contributed by atoms with Crippen LogP contribution in [-0.2, 0) is 0 Å². The van der Waals surface area contributed by atoms with E-state index in [1.807, 2.05) is 25.1 Å². The molecular weight excluding hydrogens is 262 g/mol. The first-order valence-corrected chi connectivity index (χ1v) is 6.43. The standard InChI is InChI=1S/C12H15N5OS/c1-7-14-12(19-16-7)15-11(18)9-6-8(13)4-5-10(9)17(2)3/h4-6H,13H2,1-3H3,(H,14,15,16,18). The number of rotatable bonds is 3. The van der Waals surface area contributed by atoms with E-state index in [2.05, 4.69) is 14.7 Å². The molecule has 19 heavy (non-hydrogen) atoms. The van der Waals surface area contributed by atoms with E-state index in [0.717, 1.165) is 17.2 Å². The van der Waals surface area contributed by atoms with Crippen molar-refractivity contribution >= 4 is 33.9 Å². The number of carbonyl (C=O) groups is 1. The molecule has 3 N–H and O–H groups in total. The number of carbonyl (C=O) groups excluding carboxylic acids is 1. The summed E-state index contributed by atoms with van der Waals surface area (Å²) in [7, 11) is 3.74. The summed E-state index contributed by atoms with van der Waals surface area (Å²) >= 11 is 1.15. The Bertz CT molecular complexity index is 608. The van der Waals surface area contributed by atoms with Gasteiger partial charge in [-0.15, -0.1) is 0 Å². The van der Waals surface area contributed by atoms with E-state index in [9.17, 15) is 4.79 Å². The van der Waals surface area contributed by atoms with Crippen molar-refractivity contribution in [3.8, 4) is 0 Å². The first-order chi connectivity index (χ1) is 8.97. The highest BCUT2D eigenvalue weighted by Gasteiger charge is 2.15. The quantitative estimate of drug-likeness (QED) is 0.835. The second kappa shape index (κ2) is 5.23. The van der Waals surface area contributed by atoms with E-state index >= 15 is 0 Å². The molecule has 0 aliphatic rings. The number of nitrogens with two attached hydrogens (primary N) is 1. The number of aryl methyl sites for hydroxylation is 1. The maximum absolute atomic E-state index is 12.2. The average Bonchev–Trinajstić information content (AvgIpc) is 2.74. The molecule has 2 aromatic rings. The molecule has 0 saturated heterocycles. The third-order valence-corrected chi connectivity index (χ3v) is 3.22. The second-order valence-electron chi connectivity index (χ2n) is 4.27. The summed E-state index contributed by atoms with van der Waals surface area (Å²) in [4.78, 5) is 18.2. The molecule has 0 saturated carbocycles. The van der Waals surface area contributed by atoms with Gasteiger partial charge in [-0.1, -0.05) is 0 Å². The average molecular weight is 277 g/mol. The van der Waals surface area contributed by atoms with Crippen molar-refractivity contribution in [1.82, 2.24) is 9.36 Å². The van der Waals surface area contributed by atoms with Gasteiger partial charge in [0.05, 0.1) is 5.56 Å². The summed E-state index contributed by atoms with van der Waals surface area (Å²) in [5.74, 6) is 0.396. The van der Waals surface area contributed by atoms with Gasteiger partial charge < -0.3 is 10.6 Å². The Morgan fingerprint density at radius 3 is 2.74 bits per heavy atom. The molecule has 1 amide bonds. The zero-order valence-corrected chi connectivity index (χ0v) is 11.8. The lowest BCUT2D eigenvalue weighted by Crippen LogP contribution is -2.18. The fourth-order valence-corrected chi connectivity index (χ4v) is 2.21. The Labute approximate surface area is 115 Å². The molecule has 6 nitrogen and oxygen atoms in total. The second-order valence-corrected chi connectivity index (χ2v) is 5.02. The van der Waals surface area contributed by atoms with Crippen LogP contribution in [-0.4, -0.2) is 29.4 Å². The number of amides is 1. The summed E-state index contributed by atoms with van der Waals surface area (Å²) in [5.41, 5.74) is 7.60. The van der Waals surface area contributed by atoms with Crippen LogP contribution in [0.5, 0.6) is 0 Å². The predicted molar refractivity (Wildman–Crippen MR) is 77.8 cm³/mol. The lowest BCUT2D eigenvalue weighted by atomic mass is 10.1. The lowest BCUT2D eigenvalue weighted by molar-refractivity contribution is 0.102. The van der Waals surface area contributed by atoms with Crippen LogP contribution >= 0.6 is 11.5 Å². The SMILES string of the molecule is Cc1nsc(NC(=O)c2cc(N)ccc2N(C)C)n1. The van der Waals surface area contributed by atoms with Crippen LogP contribution in [0.25, 0.3) is 0 Å². The van der Waals surface area contributed by atoms with Gasteiger partial charge in [-0.3, -0.25) is 10.1 Å². The molecule has 0 radical (unpaired) electrons. The Kier molecular flexibility index (Phi) is 3.66. The minimum absolute atomic E-state index is 0.243. The first-order valence-electron chi connectivity index (χ1n) is 5.66. The molecule has 0 spiro atoms. The number of anilines is 3. The molecular formula is C12H15N5OS. The Balaban J connectivity index is 2.30. The van der Waals surface area contributed by atoms with Crippen molar-refractivity contribution in [1.29, 1.82) is 0 Å². The van der Waals surface area contributed by atoms with E-state index in [-0.39, 0.29) is 5.91 Å². The van der Waals surface area contributed by atoms with Crippen molar-refractivity contribution in [2.75, 3.05) is 30.0 Å². The first kappa shape index (κ1) is 13.3. The van der Waals surface area contributed by atoms with Gasteiger partial charge in [-0.05, 0) is 25.1 Å². The van der Waals surface area contributed by atoms with Crippen LogP contribution in [0.3, 0.4) is 0 Å².